The summed E-state index contributed by atoms with van der Waals surface area (Å²) in [6.45, 7) is 8.18. The number of hydrogen-bond donors (Lipinski definition) is 0. The predicted octanol–water partition coefficient (Wildman–Crippen LogP) is 4.36. The van der Waals surface area contributed by atoms with Crippen LogP contribution < -0.4 is 9.47 Å². The lowest BCUT2D eigenvalue weighted by atomic mass is 9.88. The van der Waals surface area contributed by atoms with Crippen molar-refractivity contribution >= 4 is 8.05 Å². The fourth-order valence-electron chi connectivity index (χ4n) is 3.63. The number of aromatic nitrogens is 1. The lowest BCUT2D eigenvalue weighted by Gasteiger charge is -2.41. The molecule has 27 heavy (non-hydrogen) atoms. The molecule has 0 spiro atoms. The van der Waals surface area contributed by atoms with Gasteiger partial charge in [0.1, 0.15) is 18.0 Å². The average Bonchev–Trinajstić information content (AvgIpc) is 3.31. The Labute approximate surface area is 162 Å². The van der Waals surface area contributed by atoms with Gasteiger partial charge in [-0.1, -0.05) is 12.1 Å². The Balaban J connectivity index is 1.41. The van der Waals surface area contributed by atoms with Gasteiger partial charge in [-0.25, -0.2) is 4.98 Å². The highest BCUT2D eigenvalue weighted by molar-refractivity contribution is 5.98. The average molecular weight is 363 g/mol. The van der Waals surface area contributed by atoms with Gasteiger partial charge >= 0.3 is 0 Å². The smallest absolute Gasteiger partial charge is 0.283 e. The molecule has 0 amide bonds. The lowest BCUT2D eigenvalue weighted by molar-refractivity contribution is -0.0698. The second kappa shape index (κ2) is 6.56. The Kier molecular flexibility index (Phi) is 4.46. The van der Waals surface area contributed by atoms with Gasteiger partial charge in [0, 0.05) is 12.3 Å². The number of pyridine rings is 1. The maximum absolute atomic E-state index is 6.15. The van der Waals surface area contributed by atoms with E-state index in [9.17, 15) is 0 Å². The number of rotatable bonds is 7. The summed E-state index contributed by atoms with van der Waals surface area (Å²) in [4.78, 5) is 4.48. The van der Waals surface area contributed by atoms with Crippen LogP contribution in [0.25, 0.3) is 0 Å². The number of fused-ring (bicyclic) bond motifs is 3. The van der Waals surface area contributed by atoms with E-state index in [1.54, 1.807) is 0 Å². The van der Waals surface area contributed by atoms with Crippen molar-refractivity contribution in [3.63, 3.8) is 0 Å². The minimum absolute atomic E-state index is 0.451. The van der Waals surface area contributed by atoms with E-state index in [2.05, 4.69) is 11.1 Å². The number of benzene rings is 1. The minimum atomic E-state index is -0.630. The standard InChI is InChI=1S/C22H26BNO3/c1-21(2,22(3,4)27-23)26-17-7-5-6-14(8-17)13-25-20-11-16-9-15-10-18(15)19(16)12-24-20/h5-8,11-12,15,18H,9-10,13H2,1-4H3/t15-,18+/m0/s1. The van der Waals surface area contributed by atoms with E-state index in [0.717, 1.165) is 23.1 Å². The molecule has 2 atom stereocenters. The highest BCUT2D eigenvalue weighted by Crippen LogP contribution is 2.56. The van der Waals surface area contributed by atoms with E-state index in [1.165, 1.54) is 24.0 Å². The van der Waals surface area contributed by atoms with Crippen LogP contribution in [-0.4, -0.2) is 24.2 Å². The SMILES string of the molecule is [B]OC(C)(C)C(C)(C)Oc1cccc(COc2cc3c(cn2)[C@@H]2C[C@@H]2C3)c1. The van der Waals surface area contributed by atoms with Gasteiger partial charge in [-0.05, 0) is 81.2 Å². The van der Waals surface area contributed by atoms with Crippen LogP contribution in [0.15, 0.2) is 36.5 Å². The lowest BCUT2D eigenvalue weighted by Crippen LogP contribution is -2.51. The van der Waals surface area contributed by atoms with Crippen molar-refractivity contribution in [2.75, 3.05) is 0 Å². The first-order valence-corrected chi connectivity index (χ1v) is 9.56. The van der Waals surface area contributed by atoms with Crippen LogP contribution in [0.5, 0.6) is 11.6 Å². The first-order valence-electron chi connectivity index (χ1n) is 9.56. The topological polar surface area (TPSA) is 40.6 Å². The van der Waals surface area contributed by atoms with Crippen LogP contribution in [0.2, 0.25) is 0 Å². The zero-order chi connectivity index (χ0) is 19.2. The van der Waals surface area contributed by atoms with E-state index in [1.807, 2.05) is 58.2 Å². The molecule has 4 nitrogen and oxygen atoms in total. The third kappa shape index (κ3) is 3.57. The van der Waals surface area contributed by atoms with Crippen LogP contribution in [0, 0.1) is 5.92 Å². The molecule has 1 saturated carbocycles. The molecule has 4 rings (SSSR count). The number of ether oxygens (including phenoxy) is 2. The zero-order valence-corrected chi connectivity index (χ0v) is 16.5. The molecule has 2 aromatic rings. The van der Waals surface area contributed by atoms with E-state index >= 15 is 0 Å². The van der Waals surface area contributed by atoms with Crippen LogP contribution in [-0.2, 0) is 17.7 Å². The molecule has 140 valence electrons. The third-order valence-electron chi connectivity index (χ3n) is 6.21. The fourth-order valence-corrected chi connectivity index (χ4v) is 3.63. The van der Waals surface area contributed by atoms with Crippen molar-refractivity contribution in [1.29, 1.82) is 0 Å². The Morgan fingerprint density at radius 2 is 1.96 bits per heavy atom. The van der Waals surface area contributed by atoms with Crippen molar-refractivity contribution in [2.45, 2.75) is 64.3 Å². The van der Waals surface area contributed by atoms with Crippen LogP contribution in [0.4, 0.5) is 0 Å². The molecule has 2 aliphatic rings. The predicted molar refractivity (Wildman–Crippen MR) is 105 cm³/mol. The van der Waals surface area contributed by atoms with E-state index in [4.69, 9.17) is 22.2 Å². The van der Waals surface area contributed by atoms with E-state index in [-0.39, 0.29) is 0 Å². The Morgan fingerprint density at radius 1 is 1.15 bits per heavy atom. The zero-order valence-electron chi connectivity index (χ0n) is 16.5. The molecule has 0 bridgehead atoms. The van der Waals surface area contributed by atoms with E-state index < -0.39 is 11.2 Å². The summed E-state index contributed by atoms with van der Waals surface area (Å²) in [5, 5.41) is 0. The van der Waals surface area contributed by atoms with Gasteiger partial charge in [-0.15, -0.1) is 0 Å². The molecule has 1 heterocycles. The molecule has 0 aliphatic heterocycles. The van der Waals surface area contributed by atoms with Gasteiger partial charge in [0.15, 0.2) is 0 Å². The molecule has 0 unspecified atom stereocenters. The molecule has 1 fully saturated rings. The number of nitrogens with zero attached hydrogens (tertiary/aromatic N) is 1. The molecule has 1 aromatic heterocycles. The molecule has 0 N–H and O–H groups in total. The van der Waals surface area contributed by atoms with Gasteiger partial charge in [0.05, 0.1) is 5.60 Å². The van der Waals surface area contributed by atoms with Crippen LogP contribution in [0.1, 0.15) is 56.7 Å². The van der Waals surface area contributed by atoms with Gasteiger partial charge in [0.25, 0.3) is 8.05 Å². The van der Waals surface area contributed by atoms with Crippen molar-refractivity contribution in [3.05, 3.63) is 53.2 Å². The third-order valence-corrected chi connectivity index (χ3v) is 6.21. The maximum Gasteiger partial charge on any atom is 0.283 e. The van der Waals surface area contributed by atoms with Crippen LogP contribution >= 0.6 is 0 Å². The summed E-state index contributed by atoms with van der Waals surface area (Å²) in [6.07, 6.45) is 4.51. The largest absolute Gasteiger partial charge is 0.485 e. The second-order valence-electron chi connectivity index (χ2n) is 8.70. The summed E-state index contributed by atoms with van der Waals surface area (Å²) in [5.74, 6) is 3.07. The van der Waals surface area contributed by atoms with Gasteiger partial charge in [-0.2, -0.15) is 0 Å². The van der Waals surface area contributed by atoms with Gasteiger partial charge < -0.3 is 14.1 Å². The Morgan fingerprint density at radius 3 is 2.74 bits per heavy atom. The molecule has 2 aliphatic carbocycles. The Hall–Kier alpha value is -2.01. The summed E-state index contributed by atoms with van der Waals surface area (Å²) in [7, 11) is 5.43. The van der Waals surface area contributed by atoms with E-state index in [0.29, 0.717) is 12.5 Å². The second-order valence-corrected chi connectivity index (χ2v) is 8.70. The fraction of sp³-hybridized carbons (Fsp3) is 0.500. The molecule has 2 radical (unpaired) electrons. The first kappa shape index (κ1) is 18.4. The summed E-state index contributed by atoms with van der Waals surface area (Å²) in [5.41, 5.74) is 2.64. The highest BCUT2D eigenvalue weighted by atomic mass is 16.5. The first-order chi connectivity index (χ1) is 12.8. The molecular weight excluding hydrogens is 337 g/mol. The van der Waals surface area contributed by atoms with Gasteiger partial charge in [-0.3, -0.25) is 0 Å². The van der Waals surface area contributed by atoms with Crippen molar-refractivity contribution in [2.24, 2.45) is 5.92 Å². The summed E-state index contributed by atoms with van der Waals surface area (Å²) < 4.78 is 17.2. The van der Waals surface area contributed by atoms with Crippen molar-refractivity contribution < 1.29 is 14.1 Å². The maximum atomic E-state index is 6.15. The molecule has 0 saturated heterocycles. The van der Waals surface area contributed by atoms with Crippen molar-refractivity contribution in [1.82, 2.24) is 4.98 Å². The molecule has 1 aromatic carbocycles. The van der Waals surface area contributed by atoms with Crippen molar-refractivity contribution in [3.8, 4) is 11.6 Å². The quantitative estimate of drug-likeness (QED) is 0.686. The number of hydrogen-bond acceptors (Lipinski definition) is 4. The monoisotopic (exact) mass is 363 g/mol. The van der Waals surface area contributed by atoms with Crippen LogP contribution in [0.3, 0.4) is 0 Å². The highest BCUT2D eigenvalue weighted by Gasteiger charge is 2.45. The summed E-state index contributed by atoms with van der Waals surface area (Å²) >= 11 is 0. The molecule has 5 heteroatoms. The minimum Gasteiger partial charge on any atom is -0.485 e. The van der Waals surface area contributed by atoms with Gasteiger partial charge in [0.2, 0.25) is 5.88 Å². The normalized spacial score (nSPS) is 20.7. The Bertz CT molecular complexity index is 849. The summed E-state index contributed by atoms with van der Waals surface area (Å²) in [6, 6.07) is 10.00. The molecular formula is C22H26BNO3.